The van der Waals surface area contributed by atoms with Gasteiger partial charge in [0.1, 0.15) is 0 Å². The Morgan fingerprint density at radius 2 is 2.38 bits per heavy atom. The summed E-state index contributed by atoms with van der Waals surface area (Å²) in [6, 6.07) is 0.478. The van der Waals surface area contributed by atoms with Crippen LogP contribution in [-0.4, -0.2) is 17.7 Å². The summed E-state index contributed by atoms with van der Waals surface area (Å²) >= 11 is 5.07. The van der Waals surface area contributed by atoms with Gasteiger partial charge >= 0.3 is 0 Å². The third-order valence-electron chi connectivity index (χ3n) is 2.57. The molecule has 0 heterocycles. The van der Waals surface area contributed by atoms with Gasteiger partial charge in [0.15, 0.2) is 5.11 Å². The average Bonchev–Trinajstić information content (AvgIpc) is 1.97. The molecule has 72 valence electrons. The van der Waals surface area contributed by atoms with Gasteiger partial charge in [-0.25, -0.2) is 0 Å². The zero-order valence-electron chi connectivity index (χ0n) is 7.97. The molecule has 2 N–H and O–H groups in total. The van der Waals surface area contributed by atoms with Crippen molar-refractivity contribution < 1.29 is 0 Å². The largest absolute Gasteiger partial charge is 0.360 e. The van der Waals surface area contributed by atoms with E-state index in [1.54, 1.807) is 0 Å². The van der Waals surface area contributed by atoms with Crippen LogP contribution >= 0.6 is 12.2 Å². The molecular weight excluding hydrogens is 180 g/mol. The van der Waals surface area contributed by atoms with Crippen molar-refractivity contribution in [2.24, 2.45) is 5.92 Å². The summed E-state index contributed by atoms with van der Waals surface area (Å²) in [5.41, 5.74) is 0. The maximum Gasteiger partial charge on any atom is 0.167 e. The van der Waals surface area contributed by atoms with E-state index in [0.29, 0.717) is 17.7 Å². The Labute approximate surface area is 85.5 Å². The number of rotatable bonds is 3. The Balaban J connectivity index is 2.15. The van der Waals surface area contributed by atoms with Crippen LogP contribution in [0.1, 0.15) is 26.2 Å². The van der Waals surface area contributed by atoms with Crippen molar-refractivity contribution in [2.45, 2.75) is 32.2 Å². The lowest BCUT2D eigenvalue weighted by Gasteiger charge is -2.32. The van der Waals surface area contributed by atoms with E-state index in [9.17, 15) is 0 Å². The summed E-state index contributed by atoms with van der Waals surface area (Å²) in [6.07, 6.45) is 9.12. The Morgan fingerprint density at radius 1 is 1.69 bits per heavy atom. The van der Waals surface area contributed by atoms with E-state index >= 15 is 0 Å². The van der Waals surface area contributed by atoms with Gasteiger partial charge in [0.25, 0.3) is 0 Å². The van der Waals surface area contributed by atoms with Crippen LogP contribution in [0.25, 0.3) is 0 Å². The fourth-order valence-electron chi connectivity index (χ4n) is 1.45. The van der Waals surface area contributed by atoms with Gasteiger partial charge in [0.2, 0.25) is 0 Å². The van der Waals surface area contributed by atoms with Gasteiger partial charge in [-0.2, -0.15) is 0 Å². The molecule has 0 aromatic heterocycles. The van der Waals surface area contributed by atoms with Crippen molar-refractivity contribution in [3.05, 3.63) is 0 Å². The first-order valence-electron chi connectivity index (χ1n) is 4.72. The van der Waals surface area contributed by atoms with Gasteiger partial charge < -0.3 is 10.6 Å². The summed E-state index contributed by atoms with van der Waals surface area (Å²) in [6.45, 7) is 2.68. The number of nitrogens with one attached hydrogen (secondary N) is 2. The number of terminal acetylenes is 1. The molecule has 0 radical (unpaired) electrons. The van der Waals surface area contributed by atoms with Crippen LogP contribution in [0.4, 0.5) is 0 Å². The summed E-state index contributed by atoms with van der Waals surface area (Å²) in [4.78, 5) is 0. The minimum atomic E-state index is 0.478. The summed E-state index contributed by atoms with van der Waals surface area (Å²) in [5.74, 6) is 3.29. The first-order valence-corrected chi connectivity index (χ1v) is 5.12. The molecule has 13 heavy (non-hydrogen) atoms. The van der Waals surface area contributed by atoms with Crippen LogP contribution in [0.3, 0.4) is 0 Å². The molecule has 0 bridgehead atoms. The molecular formula is C10H16N2S. The first-order chi connectivity index (χ1) is 6.24. The van der Waals surface area contributed by atoms with Crippen LogP contribution in [0.5, 0.6) is 0 Å². The van der Waals surface area contributed by atoms with E-state index in [1.807, 2.05) is 0 Å². The minimum absolute atomic E-state index is 0.478. The SMILES string of the molecule is C#CCNC(=S)N[C@H](C)C1CCC1. The van der Waals surface area contributed by atoms with E-state index in [-0.39, 0.29) is 0 Å². The fraction of sp³-hybridized carbons (Fsp3) is 0.700. The van der Waals surface area contributed by atoms with Crippen molar-refractivity contribution in [1.29, 1.82) is 0 Å². The van der Waals surface area contributed by atoms with Crippen molar-refractivity contribution in [3.63, 3.8) is 0 Å². The summed E-state index contributed by atoms with van der Waals surface area (Å²) < 4.78 is 0. The quantitative estimate of drug-likeness (QED) is 0.525. The Morgan fingerprint density at radius 3 is 2.85 bits per heavy atom. The molecule has 2 nitrogen and oxygen atoms in total. The van der Waals surface area contributed by atoms with Gasteiger partial charge in [-0.15, -0.1) is 6.42 Å². The Kier molecular flexibility index (Phi) is 4.04. The second kappa shape index (κ2) is 5.08. The topological polar surface area (TPSA) is 24.1 Å². The highest BCUT2D eigenvalue weighted by atomic mass is 32.1. The molecule has 1 fully saturated rings. The van der Waals surface area contributed by atoms with Crippen LogP contribution in [-0.2, 0) is 0 Å². The van der Waals surface area contributed by atoms with Crippen LogP contribution < -0.4 is 10.6 Å². The number of hydrogen-bond acceptors (Lipinski definition) is 1. The zero-order chi connectivity index (χ0) is 9.68. The highest BCUT2D eigenvalue weighted by Crippen LogP contribution is 2.29. The lowest BCUT2D eigenvalue weighted by molar-refractivity contribution is 0.258. The van der Waals surface area contributed by atoms with Gasteiger partial charge in [-0.1, -0.05) is 12.3 Å². The molecule has 1 aliphatic rings. The third kappa shape index (κ3) is 3.23. The fourth-order valence-corrected chi connectivity index (χ4v) is 1.70. The molecule has 0 spiro atoms. The molecule has 0 saturated heterocycles. The summed E-state index contributed by atoms with van der Waals surface area (Å²) in [5, 5.41) is 6.87. The molecule has 0 aliphatic heterocycles. The van der Waals surface area contributed by atoms with Crippen molar-refractivity contribution in [1.82, 2.24) is 10.6 Å². The van der Waals surface area contributed by atoms with E-state index in [0.717, 1.165) is 5.92 Å². The van der Waals surface area contributed by atoms with Crippen LogP contribution in [0.2, 0.25) is 0 Å². The predicted octanol–water partition coefficient (Wildman–Crippen LogP) is 1.27. The standard InChI is InChI=1S/C10H16N2S/c1-3-7-11-10(13)12-8(2)9-5-4-6-9/h1,8-9H,4-7H2,2H3,(H2,11,12,13)/t8-/m1/s1. The molecule has 0 aromatic rings. The van der Waals surface area contributed by atoms with Gasteiger partial charge in [-0.05, 0) is 37.9 Å². The van der Waals surface area contributed by atoms with E-state index in [2.05, 4.69) is 23.5 Å². The van der Waals surface area contributed by atoms with Gasteiger partial charge in [0.05, 0.1) is 6.54 Å². The maximum absolute atomic E-state index is 5.10. The molecule has 1 saturated carbocycles. The van der Waals surface area contributed by atoms with E-state index in [4.69, 9.17) is 18.6 Å². The van der Waals surface area contributed by atoms with Crippen molar-refractivity contribution >= 4 is 17.3 Å². The Bertz CT molecular complexity index is 215. The molecule has 0 amide bonds. The van der Waals surface area contributed by atoms with Crippen molar-refractivity contribution in [3.8, 4) is 12.3 Å². The third-order valence-corrected chi connectivity index (χ3v) is 2.83. The highest BCUT2D eigenvalue weighted by molar-refractivity contribution is 7.80. The number of thiocarbonyl (C=S) groups is 1. The van der Waals surface area contributed by atoms with Gasteiger partial charge in [-0.3, -0.25) is 0 Å². The van der Waals surface area contributed by atoms with E-state index in [1.165, 1.54) is 19.3 Å². The lowest BCUT2D eigenvalue weighted by atomic mass is 9.80. The average molecular weight is 196 g/mol. The highest BCUT2D eigenvalue weighted by Gasteiger charge is 2.23. The van der Waals surface area contributed by atoms with Crippen molar-refractivity contribution in [2.75, 3.05) is 6.54 Å². The molecule has 1 atom stereocenters. The monoisotopic (exact) mass is 196 g/mol. The first kappa shape index (κ1) is 10.3. The van der Waals surface area contributed by atoms with Crippen LogP contribution in [0.15, 0.2) is 0 Å². The molecule has 1 rings (SSSR count). The smallest absolute Gasteiger partial charge is 0.167 e. The molecule has 0 aromatic carbocycles. The second-order valence-corrected chi connectivity index (χ2v) is 3.92. The molecule has 3 heteroatoms. The molecule has 1 aliphatic carbocycles. The predicted molar refractivity (Wildman–Crippen MR) is 59.4 cm³/mol. The second-order valence-electron chi connectivity index (χ2n) is 3.51. The minimum Gasteiger partial charge on any atom is -0.360 e. The summed E-state index contributed by atoms with van der Waals surface area (Å²) in [7, 11) is 0. The van der Waals surface area contributed by atoms with Crippen LogP contribution in [0, 0.1) is 18.3 Å². The Hall–Kier alpha value is -0.750. The normalized spacial score (nSPS) is 18.2. The number of hydrogen-bond donors (Lipinski definition) is 2. The maximum atomic E-state index is 5.10. The van der Waals surface area contributed by atoms with Gasteiger partial charge in [0, 0.05) is 6.04 Å². The van der Waals surface area contributed by atoms with E-state index < -0.39 is 0 Å². The zero-order valence-corrected chi connectivity index (χ0v) is 8.79. The molecule has 0 unspecified atom stereocenters. The lowest BCUT2D eigenvalue weighted by Crippen LogP contribution is -2.45.